The molecule has 0 bridgehead atoms. The highest BCUT2D eigenvalue weighted by Crippen LogP contribution is 2.34. The quantitative estimate of drug-likeness (QED) is 0.519. The van der Waals surface area contributed by atoms with Gasteiger partial charge < -0.3 is 4.74 Å². The van der Waals surface area contributed by atoms with Crippen molar-refractivity contribution in [2.75, 3.05) is 18.1 Å². The van der Waals surface area contributed by atoms with E-state index in [1.54, 1.807) is 11.0 Å². The Kier molecular flexibility index (Phi) is 5.88. The number of fused-ring (bicyclic) bond motifs is 1. The Bertz CT molecular complexity index is 1010. The van der Waals surface area contributed by atoms with E-state index in [1.807, 2.05) is 37.3 Å². The van der Waals surface area contributed by atoms with Crippen LogP contribution in [0.2, 0.25) is 10.0 Å². The van der Waals surface area contributed by atoms with Crippen molar-refractivity contribution in [3.8, 4) is 0 Å². The first kappa shape index (κ1) is 19.6. The van der Waals surface area contributed by atoms with E-state index in [9.17, 15) is 4.79 Å². The summed E-state index contributed by atoms with van der Waals surface area (Å²) in [5.41, 5.74) is 2.69. The van der Waals surface area contributed by atoms with E-state index >= 15 is 0 Å². The van der Waals surface area contributed by atoms with Gasteiger partial charge in [0, 0.05) is 16.7 Å². The molecule has 4 nitrogen and oxygen atoms in total. The van der Waals surface area contributed by atoms with Crippen LogP contribution in [0.25, 0.3) is 10.2 Å². The van der Waals surface area contributed by atoms with Crippen LogP contribution in [0.4, 0.5) is 5.13 Å². The van der Waals surface area contributed by atoms with Gasteiger partial charge in [0.25, 0.3) is 0 Å². The van der Waals surface area contributed by atoms with Gasteiger partial charge in [0.05, 0.1) is 29.3 Å². The SMILES string of the molecule is Cc1cc(Cl)cc2sc(N(CC3CCCO3)C(=O)Cc3ccccc3Cl)nc12. The van der Waals surface area contributed by atoms with Crippen molar-refractivity contribution < 1.29 is 9.53 Å². The predicted molar refractivity (Wildman–Crippen MR) is 116 cm³/mol. The van der Waals surface area contributed by atoms with E-state index in [1.165, 1.54) is 11.3 Å². The topological polar surface area (TPSA) is 42.4 Å². The highest BCUT2D eigenvalue weighted by molar-refractivity contribution is 7.22. The summed E-state index contributed by atoms with van der Waals surface area (Å²) in [6.07, 6.45) is 2.23. The minimum absolute atomic E-state index is 0.0342. The Labute approximate surface area is 178 Å². The van der Waals surface area contributed by atoms with E-state index in [0.717, 1.165) is 40.8 Å². The normalized spacial score (nSPS) is 16.6. The Balaban J connectivity index is 1.67. The van der Waals surface area contributed by atoms with Gasteiger partial charge in [0.1, 0.15) is 0 Å². The summed E-state index contributed by atoms with van der Waals surface area (Å²) in [6.45, 7) is 3.22. The molecule has 7 heteroatoms. The molecule has 0 aliphatic carbocycles. The summed E-state index contributed by atoms with van der Waals surface area (Å²) in [7, 11) is 0. The molecule has 1 atom stereocenters. The summed E-state index contributed by atoms with van der Waals surface area (Å²) in [4.78, 5) is 19.7. The largest absolute Gasteiger partial charge is 0.376 e. The Morgan fingerprint density at radius 2 is 2.14 bits per heavy atom. The molecule has 1 saturated heterocycles. The molecule has 0 saturated carbocycles. The van der Waals surface area contributed by atoms with Crippen molar-refractivity contribution in [2.45, 2.75) is 32.3 Å². The third-order valence-corrected chi connectivity index (χ3v) is 6.49. The van der Waals surface area contributed by atoms with Gasteiger partial charge in [-0.1, -0.05) is 52.7 Å². The summed E-state index contributed by atoms with van der Waals surface area (Å²) in [5, 5.41) is 1.95. The number of carbonyl (C=O) groups excluding carboxylic acids is 1. The first-order chi connectivity index (χ1) is 13.5. The fourth-order valence-corrected chi connectivity index (χ4v) is 5.09. The molecular weight excluding hydrogens is 415 g/mol. The lowest BCUT2D eigenvalue weighted by atomic mass is 10.1. The van der Waals surface area contributed by atoms with E-state index in [4.69, 9.17) is 32.9 Å². The minimum Gasteiger partial charge on any atom is -0.376 e. The van der Waals surface area contributed by atoms with Crippen LogP contribution in [0.5, 0.6) is 0 Å². The molecule has 1 aliphatic heterocycles. The average molecular weight is 435 g/mol. The molecule has 0 N–H and O–H groups in total. The zero-order chi connectivity index (χ0) is 19.7. The second-order valence-electron chi connectivity index (χ2n) is 6.97. The maximum absolute atomic E-state index is 13.2. The van der Waals surface area contributed by atoms with Gasteiger partial charge in [-0.15, -0.1) is 0 Å². The Hall–Kier alpha value is -1.66. The van der Waals surface area contributed by atoms with E-state index in [0.29, 0.717) is 21.7 Å². The van der Waals surface area contributed by atoms with Crippen molar-refractivity contribution in [3.63, 3.8) is 0 Å². The molecular formula is C21H20Cl2N2O2S. The lowest BCUT2D eigenvalue weighted by molar-refractivity contribution is -0.118. The van der Waals surface area contributed by atoms with Gasteiger partial charge in [-0.3, -0.25) is 9.69 Å². The number of anilines is 1. The smallest absolute Gasteiger partial charge is 0.233 e. The number of halogens is 2. The molecule has 1 aromatic heterocycles. The number of hydrogen-bond acceptors (Lipinski definition) is 4. The molecule has 2 aromatic carbocycles. The van der Waals surface area contributed by atoms with Gasteiger partial charge in [-0.05, 0) is 49.1 Å². The van der Waals surface area contributed by atoms with Gasteiger partial charge in [0.15, 0.2) is 5.13 Å². The molecule has 2 heterocycles. The second kappa shape index (κ2) is 8.37. The van der Waals surface area contributed by atoms with Crippen LogP contribution in [-0.2, 0) is 16.0 Å². The molecule has 0 spiro atoms. The Morgan fingerprint density at radius 3 is 2.89 bits per heavy atom. The third kappa shape index (κ3) is 4.18. The zero-order valence-electron chi connectivity index (χ0n) is 15.5. The number of hydrogen-bond donors (Lipinski definition) is 0. The highest BCUT2D eigenvalue weighted by Gasteiger charge is 2.27. The Morgan fingerprint density at radius 1 is 1.32 bits per heavy atom. The average Bonchev–Trinajstić information content (AvgIpc) is 3.31. The van der Waals surface area contributed by atoms with Crippen LogP contribution < -0.4 is 4.90 Å². The molecule has 146 valence electrons. The summed E-state index contributed by atoms with van der Waals surface area (Å²) >= 11 is 14.0. The fourth-order valence-electron chi connectivity index (χ4n) is 3.44. The van der Waals surface area contributed by atoms with Crippen LogP contribution in [0, 0.1) is 6.92 Å². The summed E-state index contributed by atoms with van der Waals surface area (Å²) in [5.74, 6) is -0.0357. The minimum atomic E-state index is -0.0357. The second-order valence-corrected chi connectivity index (χ2v) is 8.83. The number of aryl methyl sites for hydroxylation is 1. The third-order valence-electron chi connectivity index (χ3n) is 4.88. The molecule has 1 aliphatic rings. The molecule has 28 heavy (non-hydrogen) atoms. The van der Waals surface area contributed by atoms with Crippen molar-refractivity contribution in [2.24, 2.45) is 0 Å². The van der Waals surface area contributed by atoms with Gasteiger partial charge >= 0.3 is 0 Å². The monoisotopic (exact) mass is 434 g/mol. The van der Waals surface area contributed by atoms with Crippen molar-refractivity contribution in [1.82, 2.24) is 4.98 Å². The van der Waals surface area contributed by atoms with Crippen LogP contribution in [0.1, 0.15) is 24.0 Å². The number of nitrogens with zero attached hydrogens (tertiary/aromatic N) is 2. The number of carbonyl (C=O) groups is 1. The van der Waals surface area contributed by atoms with Crippen LogP contribution in [-0.4, -0.2) is 30.1 Å². The number of ether oxygens (including phenoxy) is 1. The number of aromatic nitrogens is 1. The number of rotatable bonds is 5. The molecule has 1 fully saturated rings. The lowest BCUT2D eigenvalue weighted by Gasteiger charge is -2.23. The molecule has 0 radical (unpaired) electrons. The van der Waals surface area contributed by atoms with Crippen molar-refractivity contribution in [1.29, 1.82) is 0 Å². The molecule has 1 amide bonds. The standard InChI is InChI=1S/C21H20Cl2N2O2S/c1-13-9-15(22)11-18-20(13)24-21(28-18)25(12-16-6-4-8-27-16)19(26)10-14-5-2-3-7-17(14)23/h2-3,5,7,9,11,16H,4,6,8,10,12H2,1H3. The van der Waals surface area contributed by atoms with E-state index in [2.05, 4.69) is 0 Å². The fraction of sp³-hybridized carbons (Fsp3) is 0.333. The number of amides is 1. The number of thiazole rings is 1. The van der Waals surface area contributed by atoms with Crippen molar-refractivity contribution in [3.05, 3.63) is 57.6 Å². The summed E-state index contributed by atoms with van der Waals surface area (Å²) in [6, 6.07) is 11.2. The van der Waals surface area contributed by atoms with Gasteiger partial charge in [0.2, 0.25) is 5.91 Å². The predicted octanol–water partition coefficient (Wildman–Crippen LogP) is 5.67. The molecule has 3 aromatic rings. The maximum Gasteiger partial charge on any atom is 0.233 e. The lowest BCUT2D eigenvalue weighted by Crippen LogP contribution is -2.38. The van der Waals surface area contributed by atoms with Gasteiger partial charge in [-0.2, -0.15) is 0 Å². The first-order valence-electron chi connectivity index (χ1n) is 9.23. The van der Waals surface area contributed by atoms with E-state index < -0.39 is 0 Å². The van der Waals surface area contributed by atoms with Crippen LogP contribution in [0.15, 0.2) is 36.4 Å². The van der Waals surface area contributed by atoms with E-state index in [-0.39, 0.29) is 18.4 Å². The first-order valence-corrected chi connectivity index (χ1v) is 10.8. The zero-order valence-corrected chi connectivity index (χ0v) is 17.8. The number of benzene rings is 2. The highest BCUT2D eigenvalue weighted by atomic mass is 35.5. The van der Waals surface area contributed by atoms with Crippen LogP contribution in [0.3, 0.4) is 0 Å². The van der Waals surface area contributed by atoms with Crippen molar-refractivity contribution >= 4 is 55.8 Å². The summed E-state index contributed by atoms with van der Waals surface area (Å²) < 4.78 is 6.76. The molecule has 1 unspecified atom stereocenters. The molecule has 4 rings (SSSR count). The van der Waals surface area contributed by atoms with Crippen LogP contribution >= 0.6 is 34.5 Å². The maximum atomic E-state index is 13.2. The van der Waals surface area contributed by atoms with Gasteiger partial charge in [-0.25, -0.2) is 4.98 Å².